The zero-order valence-electron chi connectivity index (χ0n) is 9.74. The van der Waals surface area contributed by atoms with Gasteiger partial charge in [-0.1, -0.05) is 12.1 Å². The van der Waals surface area contributed by atoms with Crippen molar-refractivity contribution in [2.75, 3.05) is 26.4 Å². The fourth-order valence-corrected chi connectivity index (χ4v) is 1.92. The smallest absolute Gasteiger partial charge is 0.119 e. The van der Waals surface area contributed by atoms with E-state index in [0.29, 0.717) is 6.04 Å². The van der Waals surface area contributed by atoms with Crippen molar-refractivity contribution in [3.63, 3.8) is 0 Å². The number of benzene rings is 1. The van der Waals surface area contributed by atoms with Crippen LogP contribution in [0.5, 0.6) is 5.75 Å². The Labute approximate surface area is 96.8 Å². The van der Waals surface area contributed by atoms with Crippen LogP contribution < -0.4 is 10.1 Å². The molecule has 1 aromatic rings. The molecule has 88 valence electrons. The van der Waals surface area contributed by atoms with Crippen LogP contribution in [0.1, 0.15) is 12.5 Å². The maximum Gasteiger partial charge on any atom is 0.119 e. The van der Waals surface area contributed by atoms with Crippen molar-refractivity contribution in [3.8, 4) is 5.75 Å². The third-order valence-electron chi connectivity index (χ3n) is 2.71. The van der Waals surface area contributed by atoms with Crippen LogP contribution in [-0.4, -0.2) is 32.4 Å². The van der Waals surface area contributed by atoms with Crippen LogP contribution in [0.2, 0.25) is 0 Å². The first-order chi connectivity index (χ1) is 7.88. The second-order valence-corrected chi connectivity index (χ2v) is 4.01. The number of ether oxygens (including phenoxy) is 2. The van der Waals surface area contributed by atoms with Gasteiger partial charge in [0.2, 0.25) is 0 Å². The summed E-state index contributed by atoms with van der Waals surface area (Å²) in [5, 5.41) is 3.45. The molecule has 16 heavy (non-hydrogen) atoms. The Bertz CT molecular complexity index is 304. The fraction of sp³-hybridized carbons (Fsp3) is 0.538. The lowest BCUT2D eigenvalue weighted by molar-refractivity contribution is 0.0770. The van der Waals surface area contributed by atoms with Crippen LogP contribution in [-0.2, 0) is 11.2 Å². The molecule has 3 nitrogen and oxygen atoms in total. The van der Waals surface area contributed by atoms with E-state index in [4.69, 9.17) is 9.47 Å². The van der Waals surface area contributed by atoms with Crippen molar-refractivity contribution in [2.45, 2.75) is 19.4 Å². The van der Waals surface area contributed by atoms with Gasteiger partial charge < -0.3 is 14.8 Å². The predicted molar refractivity (Wildman–Crippen MR) is 63.9 cm³/mol. The van der Waals surface area contributed by atoms with Gasteiger partial charge in [-0.2, -0.15) is 0 Å². The topological polar surface area (TPSA) is 30.5 Å². The number of hydrogen-bond donors (Lipinski definition) is 1. The van der Waals surface area contributed by atoms with Gasteiger partial charge in [0.15, 0.2) is 0 Å². The Morgan fingerprint density at radius 1 is 1.38 bits per heavy atom. The molecule has 1 saturated heterocycles. The summed E-state index contributed by atoms with van der Waals surface area (Å²) in [6.07, 6.45) is 1.02. The van der Waals surface area contributed by atoms with Gasteiger partial charge >= 0.3 is 0 Å². The molecule has 1 N–H and O–H groups in total. The van der Waals surface area contributed by atoms with Gasteiger partial charge in [0.05, 0.1) is 19.8 Å². The summed E-state index contributed by atoms with van der Waals surface area (Å²) in [6, 6.07) is 8.76. The Balaban J connectivity index is 1.88. The summed E-state index contributed by atoms with van der Waals surface area (Å²) >= 11 is 0. The average Bonchev–Trinajstić information content (AvgIpc) is 2.33. The monoisotopic (exact) mass is 221 g/mol. The molecular formula is C13H19NO2. The molecule has 1 unspecified atom stereocenters. The molecule has 0 radical (unpaired) electrons. The van der Waals surface area contributed by atoms with Gasteiger partial charge in [-0.15, -0.1) is 0 Å². The first-order valence-electron chi connectivity index (χ1n) is 5.91. The van der Waals surface area contributed by atoms with E-state index in [9.17, 15) is 0 Å². The summed E-state index contributed by atoms with van der Waals surface area (Å²) < 4.78 is 10.8. The quantitative estimate of drug-likeness (QED) is 0.838. The number of morpholine rings is 1. The Morgan fingerprint density at radius 2 is 2.19 bits per heavy atom. The number of hydrogen-bond acceptors (Lipinski definition) is 3. The second-order valence-electron chi connectivity index (χ2n) is 4.01. The zero-order valence-corrected chi connectivity index (χ0v) is 9.74. The van der Waals surface area contributed by atoms with Crippen molar-refractivity contribution in [2.24, 2.45) is 0 Å². The maximum absolute atomic E-state index is 5.43. The molecule has 1 heterocycles. The van der Waals surface area contributed by atoms with Crippen LogP contribution in [0.3, 0.4) is 0 Å². The van der Waals surface area contributed by atoms with E-state index < -0.39 is 0 Å². The van der Waals surface area contributed by atoms with E-state index in [-0.39, 0.29) is 0 Å². The second kappa shape index (κ2) is 5.87. The SMILES string of the molecule is CCOc1ccc(CC2COCCN2)cc1. The highest BCUT2D eigenvalue weighted by molar-refractivity contribution is 5.27. The van der Waals surface area contributed by atoms with E-state index in [1.807, 2.05) is 19.1 Å². The lowest BCUT2D eigenvalue weighted by atomic mass is 10.1. The Morgan fingerprint density at radius 3 is 2.81 bits per heavy atom. The molecule has 0 aromatic heterocycles. The summed E-state index contributed by atoms with van der Waals surface area (Å²) in [5.41, 5.74) is 1.33. The summed E-state index contributed by atoms with van der Waals surface area (Å²) in [7, 11) is 0. The lowest BCUT2D eigenvalue weighted by Gasteiger charge is -2.23. The molecule has 1 aromatic carbocycles. The van der Waals surface area contributed by atoms with E-state index in [1.54, 1.807) is 0 Å². The van der Waals surface area contributed by atoms with Gasteiger partial charge in [-0.05, 0) is 31.0 Å². The third-order valence-corrected chi connectivity index (χ3v) is 2.71. The first-order valence-corrected chi connectivity index (χ1v) is 5.91. The van der Waals surface area contributed by atoms with Crippen molar-refractivity contribution >= 4 is 0 Å². The van der Waals surface area contributed by atoms with Gasteiger partial charge in [0.25, 0.3) is 0 Å². The van der Waals surface area contributed by atoms with Crippen LogP contribution in [0, 0.1) is 0 Å². The van der Waals surface area contributed by atoms with E-state index in [0.717, 1.165) is 38.5 Å². The molecular weight excluding hydrogens is 202 g/mol. The molecule has 0 bridgehead atoms. The zero-order chi connectivity index (χ0) is 11.2. The highest BCUT2D eigenvalue weighted by Gasteiger charge is 2.13. The van der Waals surface area contributed by atoms with Crippen molar-refractivity contribution < 1.29 is 9.47 Å². The standard InChI is InChI=1S/C13H19NO2/c1-2-16-13-5-3-11(4-6-13)9-12-10-15-8-7-14-12/h3-6,12,14H,2,7-10H2,1H3. The normalized spacial score (nSPS) is 20.7. The minimum atomic E-state index is 0.451. The molecule has 1 aliphatic rings. The highest BCUT2D eigenvalue weighted by atomic mass is 16.5. The highest BCUT2D eigenvalue weighted by Crippen LogP contribution is 2.13. The molecule has 0 saturated carbocycles. The number of nitrogens with one attached hydrogen (secondary N) is 1. The lowest BCUT2D eigenvalue weighted by Crippen LogP contribution is -2.42. The van der Waals surface area contributed by atoms with Crippen LogP contribution >= 0.6 is 0 Å². The molecule has 0 spiro atoms. The van der Waals surface area contributed by atoms with Crippen molar-refractivity contribution in [3.05, 3.63) is 29.8 Å². The van der Waals surface area contributed by atoms with Crippen LogP contribution in [0.15, 0.2) is 24.3 Å². The van der Waals surface area contributed by atoms with Crippen molar-refractivity contribution in [1.29, 1.82) is 0 Å². The van der Waals surface area contributed by atoms with Gasteiger partial charge in [-0.3, -0.25) is 0 Å². The fourth-order valence-electron chi connectivity index (χ4n) is 1.92. The molecule has 3 heteroatoms. The third kappa shape index (κ3) is 3.22. The van der Waals surface area contributed by atoms with E-state index in [2.05, 4.69) is 17.4 Å². The van der Waals surface area contributed by atoms with Gasteiger partial charge in [0, 0.05) is 12.6 Å². The van der Waals surface area contributed by atoms with Gasteiger partial charge in [-0.25, -0.2) is 0 Å². The van der Waals surface area contributed by atoms with Crippen molar-refractivity contribution in [1.82, 2.24) is 5.32 Å². The molecule has 1 fully saturated rings. The Kier molecular flexibility index (Phi) is 4.19. The summed E-state index contributed by atoms with van der Waals surface area (Å²) in [4.78, 5) is 0. The van der Waals surface area contributed by atoms with E-state index >= 15 is 0 Å². The molecule has 1 aliphatic heterocycles. The molecule has 0 aliphatic carbocycles. The van der Waals surface area contributed by atoms with Crippen LogP contribution in [0.25, 0.3) is 0 Å². The largest absolute Gasteiger partial charge is 0.494 e. The molecule has 0 amide bonds. The number of rotatable bonds is 4. The van der Waals surface area contributed by atoms with Crippen LogP contribution in [0.4, 0.5) is 0 Å². The average molecular weight is 221 g/mol. The Hall–Kier alpha value is -1.06. The van der Waals surface area contributed by atoms with Gasteiger partial charge in [0.1, 0.15) is 5.75 Å². The summed E-state index contributed by atoms with van der Waals surface area (Å²) in [6.45, 7) is 5.32. The molecule has 1 atom stereocenters. The minimum absolute atomic E-state index is 0.451. The summed E-state index contributed by atoms with van der Waals surface area (Å²) in [5.74, 6) is 0.944. The van der Waals surface area contributed by atoms with E-state index in [1.165, 1.54) is 5.56 Å². The first kappa shape index (κ1) is 11.4. The predicted octanol–water partition coefficient (Wildman–Crippen LogP) is 1.62. The maximum atomic E-state index is 5.43. The minimum Gasteiger partial charge on any atom is -0.494 e. The molecule has 2 rings (SSSR count).